The Morgan fingerprint density at radius 1 is 1.19 bits per heavy atom. The molecule has 1 rings (SSSR count). The summed E-state index contributed by atoms with van der Waals surface area (Å²) in [5.74, 6) is -1.51. The standard InChI is InChI=1S/C14H18ClN3O3/c1-9-6-10(2)12(11(15)7-9)18-14(21)13(20)17-5-3-4-16-8-19/h6-8H,3-5H2,1-2H3,(H,16,19)(H,17,20)(H,18,21). The third kappa shape index (κ3) is 5.43. The van der Waals surface area contributed by atoms with Gasteiger partial charge in [0.25, 0.3) is 0 Å². The maximum Gasteiger partial charge on any atom is 0.313 e. The van der Waals surface area contributed by atoms with Crippen molar-refractivity contribution in [3.05, 3.63) is 28.3 Å². The molecule has 1 aromatic rings. The molecule has 0 aromatic heterocycles. The van der Waals surface area contributed by atoms with Gasteiger partial charge in [0.1, 0.15) is 0 Å². The molecule has 0 unspecified atom stereocenters. The Morgan fingerprint density at radius 2 is 1.90 bits per heavy atom. The van der Waals surface area contributed by atoms with Crippen LogP contribution in [-0.2, 0) is 14.4 Å². The normalized spacial score (nSPS) is 9.86. The molecule has 0 aliphatic heterocycles. The molecule has 114 valence electrons. The smallest absolute Gasteiger partial charge is 0.313 e. The second kappa shape index (κ2) is 8.26. The Morgan fingerprint density at radius 3 is 2.52 bits per heavy atom. The van der Waals surface area contributed by atoms with Gasteiger partial charge < -0.3 is 16.0 Å². The van der Waals surface area contributed by atoms with Crippen LogP contribution in [0.1, 0.15) is 17.5 Å². The molecule has 0 saturated heterocycles. The summed E-state index contributed by atoms with van der Waals surface area (Å²) < 4.78 is 0. The van der Waals surface area contributed by atoms with E-state index in [4.69, 9.17) is 11.6 Å². The van der Waals surface area contributed by atoms with Crippen LogP contribution in [0.2, 0.25) is 5.02 Å². The van der Waals surface area contributed by atoms with E-state index in [1.807, 2.05) is 13.0 Å². The van der Waals surface area contributed by atoms with Gasteiger partial charge in [-0.25, -0.2) is 0 Å². The van der Waals surface area contributed by atoms with Crippen molar-refractivity contribution < 1.29 is 14.4 Å². The molecule has 0 spiro atoms. The first kappa shape index (κ1) is 17.0. The lowest BCUT2D eigenvalue weighted by atomic mass is 10.1. The van der Waals surface area contributed by atoms with Crippen LogP contribution in [0.4, 0.5) is 5.69 Å². The van der Waals surface area contributed by atoms with Crippen molar-refractivity contribution >= 4 is 35.5 Å². The van der Waals surface area contributed by atoms with Crippen LogP contribution in [-0.4, -0.2) is 31.3 Å². The summed E-state index contributed by atoms with van der Waals surface area (Å²) >= 11 is 6.06. The zero-order chi connectivity index (χ0) is 15.8. The highest BCUT2D eigenvalue weighted by atomic mass is 35.5. The number of halogens is 1. The van der Waals surface area contributed by atoms with Crippen molar-refractivity contribution in [3.8, 4) is 0 Å². The SMILES string of the molecule is Cc1cc(C)c(NC(=O)C(=O)NCCCNC=O)c(Cl)c1. The van der Waals surface area contributed by atoms with E-state index in [0.29, 0.717) is 36.6 Å². The van der Waals surface area contributed by atoms with E-state index in [9.17, 15) is 14.4 Å². The molecule has 3 amide bonds. The predicted molar refractivity (Wildman–Crippen MR) is 81.2 cm³/mol. The third-order valence-corrected chi connectivity index (χ3v) is 3.04. The van der Waals surface area contributed by atoms with Gasteiger partial charge in [-0.05, 0) is 37.5 Å². The number of carbonyl (C=O) groups is 3. The fourth-order valence-electron chi connectivity index (χ4n) is 1.78. The second-order valence-electron chi connectivity index (χ2n) is 4.57. The molecular weight excluding hydrogens is 294 g/mol. The van der Waals surface area contributed by atoms with E-state index in [1.165, 1.54) is 0 Å². The summed E-state index contributed by atoms with van der Waals surface area (Å²) in [5, 5.41) is 7.82. The van der Waals surface area contributed by atoms with E-state index in [1.54, 1.807) is 13.0 Å². The number of nitrogens with one attached hydrogen (secondary N) is 3. The molecule has 0 aliphatic rings. The van der Waals surface area contributed by atoms with Gasteiger partial charge in [-0.2, -0.15) is 0 Å². The Balaban J connectivity index is 2.53. The Bertz CT molecular complexity index is 523. The van der Waals surface area contributed by atoms with Crippen molar-refractivity contribution in [2.75, 3.05) is 18.4 Å². The number of rotatable bonds is 6. The summed E-state index contributed by atoms with van der Waals surface area (Å²) in [6, 6.07) is 3.58. The highest BCUT2D eigenvalue weighted by Crippen LogP contribution is 2.27. The van der Waals surface area contributed by atoms with Gasteiger partial charge in [-0.3, -0.25) is 14.4 Å². The predicted octanol–water partition coefficient (Wildman–Crippen LogP) is 1.15. The van der Waals surface area contributed by atoms with E-state index >= 15 is 0 Å². The van der Waals surface area contributed by atoms with E-state index in [-0.39, 0.29) is 0 Å². The molecule has 0 heterocycles. The van der Waals surface area contributed by atoms with Gasteiger partial charge in [-0.15, -0.1) is 0 Å². The number of benzene rings is 1. The van der Waals surface area contributed by atoms with Gasteiger partial charge in [0.15, 0.2) is 0 Å². The molecule has 1 aromatic carbocycles. The van der Waals surface area contributed by atoms with Crippen molar-refractivity contribution in [3.63, 3.8) is 0 Å². The van der Waals surface area contributed by atoms with E-state index < -0.39 is 11.8 Å². The van der Waals surface area contributed by atoms with Crippen molar-refractivity contribution in [2.45, 2.75) is 20.3 Å². The summed E-state index contributed by atoms with van der Waals surface area (Å²) in [7, 11) is 0. The number of anilines is 1. The van der Waals surface area contributed by atoms with Crippen molar-refractivity contribution in [1.29, 1.82) is 0 Å². The number of hydrogen-bond donors (Lipinski definition) is 3. The van der Waals surface area contributed by atoms with E-state index in [0.717, 1.165) is 11.1 Å². The molecule has 21 heavy (non-hydrogen) atoms. The van der Waals surface area contributed by atoms with Gasteiger partial charge >= 0.3 is 11.8 Å². The maximum absolute atomic E-state index is 11.8. The minimum atomic E-state index is -0.771. The number of amides is 3. The average molecular weight is 312 g/mol. The molecule has 0 saturated carbocycles. The zero-order valence-corrected chi connectivity index (χ0v) is 12.7. The lowest BCUT2D eigenvalue weighted by Crippen LogP contribution is -2.36. The van der Waals surface area contributed by atoms with Crippen LogP contribution in [0.5, 0.6) is 0 Å². The molecular formula is C14H18ClN3O3. The minimum absolute atomic E-state index is 0.299. The zero-order valence-electron chi connectivity index (χ0n) is 12.0. The van der Waals surface area contributed by atoms with Crippen LogP contribution in [0.25, 0.3) is 0 Å². The highest BCUT2D eigenvalue weighted by molar-refractivity contribution is 6.41. The van der Waals surface area contributed by atoms with Crippen LogP contribution in [0.3, 0.4) is 0 Å². The molecule has 6 nitrogen and oxygen atoms in total. The summed E-state index contributed by atoms with van der Waals surface area (Å²) in [4.78, 5) is 33.4. The van der Waals surface area contributed by atoms with Crippen LogP contribution >= 0.6 is 11.6 Å². The second-order valence-corrected chi connectivity index (χ2v) is 4.98. The number of aryl methyl sites for hydroxylation is 2. The van der Waals surface area contributed by atoms with E-state index in [2.05, 4.69) is 16.0 Å². The minimum Gasteiger partial charge on any atom is -0.359 e. The lowest BCUT2D eigenvalue weighted by molar-refractivity contribution is -0.136. The van der Waals surface area contributed by atoms with Crippen LogP contribution in [0, 0.1) is 13.8 Å². The molecule has 7 heteroatoms. The molecule has 0 fully saturated rings. The first-order valence-corrected chi connectivity index (χ1v) is 6.86. The number of hydrogen-bond acceptors (Lipinski definition) is 3. The quantitative estimate of drug-likeness (QED) is 0.418. The van der Waals surface area contributed by atoms with Gasteiger partial charge in [0.05, 0.1) is 10.7 Å². The topological polar surface area (TPSA) is 87.3 Å². The molecule has 0 aliphatic carbocycles. The van der Waals surface area contributed by atoms with Gasteiger partial charge in [0.2, 0.25) is 6.41 Å². The summed E-state index contributed by atoms with van der Waals surface area (Å²) in [5.41, 5.74) is 2.20. The largest absolute Gasteiger partial charge is 0.359 e. The van der Waals surface area contributed by atoms with Crippen LogP contribution in [0.15, 0.2) is 12.1 Å². The van der Waals surface area contributed by atoms with Gasteiger partial charge in [-0.1, -0.05) is 17.7 Å². The fraction of sp³-hybridized carbons (Fsp3) is 0.357. The highest BCUT2D eigenvalue weighted by Gasteiger charge is 2.16. The lowest BCUT2D eigenvalue weighted by Gasteiger charge is -2.11. The van der Waals surface area contributed by atoms with Gasteiger partial charge in [0, 0.05) is 13.1 Å². The first-order valence-electron chi connectivity index (χ1n) is 6.48. The molecule has 0 radical (unpaired) electrons. The Hall–Kier alpha value is -2.08. The third-order valence-electron chi connectivity index (χ3n) is 2.74. The number of carbonyl (C=O) groups excluding carboxylic acids is 3. The Kier molecular flexibility index (Phi) is 6.68. The van der Waals surface area contributed by atoms with Crippen molar-refractivity contribution in [2.24, 2.45) is 0 Å². The molecule has 3 N–H and O–H groups in total. The summed E-state index contributed by atoms with van der Waals surface area (Å²) in [6.07, 6.45) is 1.12. The Labute approximate surface area is 128 Å². The summed E-state index contributed by atoms with van der Waals surface area (Å²) in [6.45, 7) is 4.43. The maximum atomic E-state index is 11.8. The average Bonchev–Trinajstić information content (AvgIpc) is 2.42. The fourth-order valence-corrected chi connectivity index (χ4v) is 2.14. The first-order chi connectivity index (χ1) is 9.95. The van der Waals surface area contributed by atoms with Crippen LogP contribution < -0.4 is 16.0 Å². The molecule has 0 bridgehead atoms. The monoisotopic (exact) mass is 311 g/mol. The van der Waals surface area contributed by atoms with Crippen molar-refractivity contribution in [1.82, 2.24) is 10.6 Å². The molecule has 0 atom stereocenters.